The highest BCUT2D eigenvalue weighted by molar-refractivity contribution is 7.89. The fourth-order valence-electron chi connectivity index (χ4n) is 4.80. The predicted molar refractivity (Wildman–Crippen MR) is 134 cm³/mol. The van der Waals surface area contributed by atoms with Gasteiger partial charge in [-0.05, 0) is 61.4 Å². The van der Waals surface area contributed by atoms with E-state index in [0.29, 0.717) is 29.9 Å². The zero-order valence-electron chi connectivity index (χ0n) is 20.1. The molecular weight excluding hydrogens is 484 g/mol. The van der Waals surface area contributed by atoms with E-state index in [1.807, 2.05) is 0 Å². The molecule has 2 N–H and O–H groups in total. The third-order valence-electron chi connectivity index (χ3n) is 6.31. The number of rotatable bonds is 7. The zero-order valence-corrected chi connectivity index (χ0v) is 20.9. The minimum absolute atomic E-state index is 0.0122. The molecule has 190 valence electrons. The largest absolute Gasteiger partial charge is 0.326 e. The first-order valence-corrected chi connectivity index (χ1v) is 13.2. The SMILES string of the molecule is CC(=O)Nc1ccc(N2C(=O)CC(N(C3CCCC3)S(=O)(=O)c3ccc(NC(C)=O)cc3)C2=O)cc1. The van der Waals surface area contributed by atoms with Crippen LogP contribution in [-0.4, -0.2) is 48.4 Å². The van der Waals surface area contributed by atoms with E-state index < -0.39 is 33.9 Å². The van der Waals surface area contributed by atoms with Gasteiger partial charge in [-0.15, -0.1) is 0 Å². The van der Waals surface area contributed by atoms with Crippen molar-refractivity contribution in [3.05, 3.63) is 48.5 Å². The predicted octanol–water partition coefficient (Wildman–Crippen LogP) is 2.87. The Kier molecular flexibility index (Phi) is 7.23. The van der Waals surface area contributed by atoms with Crippen LogP contribution in [0.4, 0.5) is 17.1 Å². The van der Waals surface area contributed by atoms with Crippen LogP contribution in [0.2, 0.25) is 0 Å². The van der Waals surface area contributed by atoms with Gasteiger partial charge in [0.25, 0.3) is 5.91 Å². The molecule has 2 aliphatic rings. The number of carbonyl (C=O) groups is 4. The molecule has 0 aromatic heterocycles. The van der Waals surface area contributed by atoms with Crippen LogP contribution in [-0.2, 0) is 29.2 Å². The summed E-state index contributed by atoms with van der Waals surface area (Å²) in [6.45, 7) is 2.73. The van der Waals surface area contributed by atoms with Gasteiger partial charge in [0.2, 0.25) is 27.7 Å². The normalized spacial score (nSPS) is 18.6. The molecule has 0 radical (unpaired) electrons. The third kappa shape index (κ3) is 5.17. The molecule has 4 amide bonds. The first-order chi connectivity index (χ1) is 17.1. The summed E-state index contributed by atoms with van der Waals surface area (Å²) in [5.74, 6) is -1.62. The van der Waals surface area contributed by atoms with Crippen molar-refractivity contribution in [3.63, 3.8) is 0 Å². The van der Waals surface area contributed by atoms with Gasteiger partial charge in [-0.1, -0.05) is 12.8 Å². The summed E-state index contributed by atoms with van der Waals surface area (Å²) in [5.41, 5.74) is 1.28. The molecule has 1 unspecified atom stereocenters. The van der Waals surface area contributed by atoms with E-state index in [-0.39, 0.29) is 23.1 Å². The van der Waals surface area contributed by atoms with Gasteiger partial charge in [-0.3, -0.25) is 19.2 Å². The number of imide groups is 1. The molecule has 36 heavy (non-hydrogen) atoms. The molecule has 2 fully saturated rings. The Hall–Kier alpha value is -3.57. The van der Waals surface area contributed by atoms with Crippen molar-refractivity contribution in [2.75, 3.05) is 15.5 Å². The number of amides is 4. The second-order valence-corrected chi connectivity index (χ2v) is 10.8. The summed E-state index contributed by atoms with van der Waals surface area (Å²) in [4.78, 5) is 50.0. The fourth-order valence-corrected chi connectivity index (χ4v) is 6.62. The van der Waals surface area contributed by atoms with Crippen molar-refractivity contribution in [3.8, 4) is 0 Å². The van der Waals surface area contributed by atoms with Crippen LogP contribution in [0.25, 0.3) is 0 Å². The Balaban J connectivity index is 1.65. The highest BCUT2D eigenvalue weighted by Gasteiger charge is 2.49. The first-order valence-electron chi connectivity index (χ1n) is 11.7. The van der Waals surface area contributed by atoms with Crippen LogP contribution in [0.1, 0.15) is 46.0 Å². The number of sulfonamides is 1. The Labute approximate surface area is 209 Å². The van der Waals surface area contributed by atoms with Crippen molar-refractivity contribution in [2.45, 2.75) is 62.9 Å². The number of anilines is 3. The number of carbonyl (C=O) groups excluding carboxylic acids is 4. The van der Waals surface area contributed by atoms with E-state index in [1.54, 1.807) is 24.3 Å². The van der Waals surface area contributed by atoms with Crippen LogP contribution in [0.5, 0.6) is 0 Å². The monoisotopic (exact) mass is 512 g/mol. The third-order valence-corrected chi connectivity index (χ3v) is 8.29. The molecule has 1 aliphatic carbocycles. The number of nitrogens with one attached hydrogen (secondary N) is 2. The van der Waals surface area contributed by atoms with E-state index in [1.165, 1.54) is 42.4 Å². The Morgan fingerprint density at radius 1 is 0.861 bits per heavy atom. The van der Waals surface area contributed by atoms with E-state index in [4.69, 9.17) is 0 Å². The van der Waals surface area contributed by atoms with Crippen LogP contribution < -0.4 is 15.5 Å². The van der Waals surface area contributed by atoms with E-state index in [2.05, 4.69) is 10.6 Å². The maximum Gasteiger partial charge on any atom is 0.252 e. The van der Waals surface area contributed by atoms with Gasteiger partial charge in [-0.25, -0.2) is 13.3 Å². The Bertz CT molecular complexity index is 1280. The van der Waals surface area contributed by atoms with Crippen molar-refractivity contribution < 1.29 is 27.6 Å². The quantitative estimate of drug-likeness (QED) is 0.548. The van der Waals surface area contributed by atoms with Gasteiger partial charge in [0, 0.05) is 31.3 Å². The molecule has 4 rings (SSSR count). The van der Waals surface area contributed by atoms with Gasteiger partial charge in [-0.2, -0.15) is 4.31 Å². The zero-order chi connectivity index (χ0) is 26.0. The molecule has 2 aromatic rings. The number of hydrogen-bond acceptors (Lipinski definition) is 6. The summed E-state index contributed by atoms with van der Waals surface area (Å²) >= 11 is 0. The standard InChI is InChI=1S/C25H28N4O6S/c1-16(30)26-18-7-11-20(12-8-18)28-24(32)15-23(25(28)33)29(21-5-3-4-6-21)36(34,35)22-13-9-19(10-14-22)27-17(2)31/h7-14,21,23H,3-6,15H2,1-2H3,(H,26,30)(H,27,31). The second kappa shape index (κ2) is 10.2. The summed E-state index contributed by atoms with van der Waals surface area (Å²) in [6, 6.07) is 10.4. The smallest absolute Gasteiger partial charge is 0.252 e. The maximum absolute atomic E-state index is 13.8. The Morgan fingerprint density at radius 2 is 1.36 bits per heavy atom. The van der Waals surface area contributed by atoms with Crippen LogP contribution in [0, 0.1) is 0 Å². The second-order valence-electron chi connectivity index (χ2n) is 8.99. The molecule has 11 heteroatoms. The topological polar surface area (TPSA) is 133 Å². The van der Waals surface area contributed by atoms with Crippen molar-refractivity contribution in [2.24, 2.45) is 0 Å². The number of hydrogen-bond donors (Lipinski definition) is 2. The minimum atomic E-state index is -4.12. The summed E-state index contributed by atoms with van der Waals surface area (Å²) in [5, 5.41) is 5.22. The fraction of sp³-hybridized carbons (Fsp3) is 0.360. The van der Waals surface area contributed by atoms with Crippen molar-refractivity contribution >= 4 is 50.7 Å². The molecular formula is C25H28N4O6S. The highest BCUT2D eigenvalue weighted by Crippen LogP contribution is 2.36. The average molecular weight is 513 g/mol. The average Bonchev–Trinajstić information content (AvgIpc) is 3.43. The van der Waals surface area contributed by atoms with Crippen LogP contribution >= 0.6 is 0 Å². The van der Waals surface area contributed by atoms with Crippen molar-refractivity contribution in [1.29, 1.82) is 0 Å². The lowest BCUT2D eigenvalue weighted by atomic mass is 10.2. The van der Waals surface area contributed by atoms with E-state index in [9.17, 15) is 27.6 Å². The molecule has 0 spiro atoms. The van der Waals surface area contributed by atoms with E-state index >= 15 is 0 Å². The molecule has 2 aromatic carbocycles. The summed E-state index contributed by atoms with van der Waals surface area (Å²) < 4.78 is 28.8. The first kappa shape index (κ1) is 25.5. The van der Waals surface area contributed by atoms with Gasteiger partial charge < -0.3 is 10.6 Å². The van der Waals surface area contributed by atoms with Gasteiger partial charge in [0.15, 0.2) is 0 Å². The molecule has 1 saturated carbocycles. The molecule has 1 atom stereocenters. The van der Waals surface area contributed by atoms with Crippen LogP contribution in [0.3, 0.4) is 0 Å². The number of benzene rings is 2. The number of nitrogens with zero attached hydrogens (tertiary/aromatic N) is 2. The lowest BCUT2D eigenvalue weighted by molar-refractivity contribution is -0.122. The maximum atomic E-state index is 13.8. The molecule has 1 saturated heterocycles. The van der Waals surface area contributed by atoms with Gasteiger partial charge in [0.05, 0.1) is 17.0 Å². The van der Waals surface area contributed by atoms with Crippen molar-refractivity contribution in [1.82, 2.24) is 4.31 Å². The molecule has 1 heterocycles. The molecule has 10 nitrogen and oxygen atoms in total. The van der Waals surface area contributed by atoms with Crippen LogP contribution in [0.15, 0.2) is 53.4 Å². The highest BCUT2D eigenvalue weighted by atomic mass is 32.2. The summed E-state index contributed by atoms with van der Waals surface area (Å²) in [6.07, 6.45) is 2.62. The minimum Gasteiger partial charge on any atom is -0.326 e. The molecule has 0 bridgehead atoms. The lowest BCUT2D eigenvalue weighted by Gasteiger charge is -2.32. The van der Waals surface area contributed by atoms with E-state index in [0.717, 1.165) is 17.7 Å². The summed E-state index contributed by atoms with van der Waals surface area (Å²) in [7, 11) is -4.12. The van der Waals surface area contributed by atoms with Gasteiger partial charge >= 0.3 is 0 Å². The van der Waals surface area contributed by atoms with Gasteiger partial charge in [0.1, 0.15) is 6.04 Å². The molecule has 1 aliphatic heterocycles. The Morgan fingerprint density at radius 3 is 1.86 bits per heavy atom. The lowest BCUT2D eigenvalue weighted by Crippen LogP contribution is -2.49.